The van der Waals surface area contributed by atoms with Gasteiger partial charge in [-0.25, -0.2) is 12.8 Å². The van der Waals surface area contributed by atoms with Crippen LogP contribution in [0.2, 0.25) is 5.02 Å². The van der Waals surface area contributed by atoms with Crippen LogP contribution in [0.25, 0.3) is 0 Å². The Bertz CT molecular complexity index is 1360. The van der Waals surface area contributed by atoms with Gasteiger partial charge in [0.25, 0.3) is 0 Å². The van der Waals surface area contributed by atoms with Crippen molar-refractivity contribution in [1.29, 1.82) is 0 Å². The van der Waals surface area contributed by atoms with Gasteiger partial charge in [0.15, 0.2) is 0 Å². The molecular weight excluding hydrogens is 567 g/mol. The summed E-state index contributed by atoms with van der Waals surface area (Å²) in [5.74, 6) is -0.916. The molecule has 3 aliphatic heterocycles. The van der Waals surface area contributed by atoms with E-state index in [4.69, 9.17) is 22.1 Å². The van der Waals surface area contributed by atoms with E-state index in [0.717, 1.165) is 18.4 Å². The van der Waals surface area contributed by atoms with E-state index in [1.165, 1.54) is 6.07 Å². The lowest BCUT2D eigenvalue weighted by Crippen LogP contribution is -2.62. The quantitative estimate of drug-likeness (QED) is 0.418. The highest BCUT2D eigenvalue weighted by atomic mass is 35.5. The number of sulfonamides is 1. The minimum Gasteiger partial charge on any atom is -0.376 e. The van der Waals surface area contributed by atoms with Crippen LogP contribution in [-0.2, 0) is 26.0 Å². The summed E-state index contributed by atoms with van der Waals surface area (Å²) in [5, 5.41) is 6.93. The maximum absolute atomic E-state index is 15.1. The number of ether oxygens (including phenoxy) is 1. The molecule has 6 atom stereocenters. The Morgan fingerprint density at radius 1 is 1.24 bits per heavy atom. The molecule has 0 aliphatic carbocycles. The molecule has 4 N–H and O–H groups in total. The lowest BCUT2D eigenvalue weighted by Gasteiger charge is -2.43. The fraction of sp³-hybridized carbons (Fsp3) is 0.567. The molecule has 0 spiro atoms. The average Bonchev–Trinajstić information content (AvgIpc) is 2.92. The van der Waals surface area contributed by atoms with Gasteiger partial charge in [0.05, 0.1) is 17.4 Å². The molecule has 1 unspecified atom stereocenters. The first-order chi connectivity index (χ1) is 19.4. The predicted molar refractivity (Wildman–Crippen MR) is 159 cm³/mol. The highest BCUT2D eigenvalue weighted by Gasteiger charge is 2.41. The number of nitrogens with zero attached hydrogens (tertiary/aromatic N) is 1. The van der Waals surface area contributed by atoms with Gasteiger partial charge in [-0.05, 0) is 81.7 Å². The summed E-state index contributed by atoms with van der Waals surface area (Å²) < 4.78 is 48.0. The van der Waals surface area contributed by atoms with Crippen molar-refractivity contribution in [2.75, 3.05) is 30.8 Å². The Labute approximate surface area is 247 Å². The molecule has 11 heteroatoms. The monoisotopic (exact) mass is 606 g/mol. The highest BCUT2D eigenvalue weighted by Crippen LogP contribution is 2.40. The van der Waals surface area contributed by atoms with Gasteiger partial charge in [0.2, 0.25) is 15.9 Å². The number of anilines is 1. The Kier molecular flexibility index (Phi) is 9.09. The van der Waals surface area contributed by atoms with E-state index in [2.05, 4.69) is 10.6 Å². The number of nitrogens with two attached hydrogens (primary N) is 1. The largest absolute Gasteiger partial charge is 0.376 e. The molecule has 3 saturated heterocycles. The van der Waals surface area contributed by atoms with Gasteiger partial charge in [0, 0.05) is 54.0 Å². The molecule has 3 aliphatic rings. The summed E-state index contributed by atoms with van der Waals surface area (Å²) in [7, 11) is -3.32. The number of hydrogen-bond acceptors (Lipinski definition) is 6. The maximum Gasteiger partial charge on any atom is 0.241 e. The SMILES string of the molecule is CC1(C)C[C@H]([C@H](c2ccc(Cl)cc2)[C@H](N)C(=O)Nc2cccc(F)c2CC[C@H]2CN[C@@H]3CCS(=O)(=O)N2C3)CCO1. The van der Waals surface area contributed by atoms with Gasteiger partial charge < -0.3 is 21.1 Å². The molecule has 3 heterocycles. The van der Waals surface area contributed by atoms with E-state index in [-0.39, 0.29) is 41.7 Å². The van der Waals surface area contributed by atoms with E-state index in [1.54, 1.807) is 28.6 Å². The molecule has 0 saturated carbocycles. The summed E-state index contributed by atoms with van der Waals surface area (Å²) in [6, 6.07) is 11.0. The Morgan fingerprint density at radius 3 is 2.73 bits per heavy atom. The van der Waals surface area contributed by atoms with E-state index in [0.29, 0.717) is 48.8 Å². The van der Waals surface area contributed by atoms with Crippen LogP contribution in [0.1, 0.15) is 56.6 Å². The molecule has 1 amide bonds. The second-order valence-corrected chi connectivity index (χ2v) is 14.7. The summed E-state index contributed by atoms with van der Waals surface area (Å²) in [6.45, 7) is 5.63. The van der Waals surface area contributed by atoms with Gasteiger partial charge in [-0.15, -0.1) is 0 Å². The number of carbonyl (C=O) groups is 1. The van der Waals surface area contributed by atoms with Crippen molar-refractivity contribution in [3.8, 4) is 0 Å². The first-order valence-electron chi connectivity index (χ1n) is 14.4. The summed E-state index contributed by atoms with van der Waals surface area (Å²) in [6.07, 6.45) is 2.81. The number of amides is 1. The third-order valence-electron chi connectivity index (χ3n) is 8.82. The van der Waals surface area contributed by atoms with Gasteiger partial charge in [-0.3, -0.25) is 4.79 Å². The van der Waals surface area contributed by atoms with Crippen LogP contribution in [0, 0.1) is 11.7 Å². The lowest BCUT2D eigenvalue weighted by molar-refractivity contribution is -0.119. The molecule has 41 heavy (non-hydrogen) atoms. The van der Waals surface area contributed by atoms with Crippen molar-refractivity contribution in [2.24, 2.45) is 11.7 Å². The zero-order chi connectivity index (χ0) is 29.4. The summed E-state index contributed by atoms with van der Waals surface area (Å²) in [4.78, 5) is 13.7. The smallest absolute Gasteiger partial charge is 0.241 e. The van der Waals surface area contributed by atoms with Gasteiger partial charge >= 0.3 is 0 Å². The summed E-state index contributed by atoms with van der Waals surface area (Å²) >= 11 is 6.15. The minimum absolute atomic E-state index is 0.0989. The topological polar surface area (TPSA) is 114 Å². The molecule has 2 bridgehead atoms. The van der Waals surface area contributed by atoms with Crippen LogP contribution >= 0.6 is 11.6 Å². The standard InChI is InChI=1S/C30H40ClFN4O4S/c1-30(2)16-20(12-14-40-30)27(19-6-8-21(31)9-7-19)28(33)29(37)35-26-5-3-4-25(32)24(26)11-10-23-17-34-22-13-15-41(38,39)36(23)18-22/h3-9,20,22-23,27-28,34H,10-18,33H2,1-2H3,(H,35,37)/t20-,22-,23+,27+,28+/m1/s1. The first kappa shape index (κ1) is 30.4. The number of halogens is 2. The maximum atomic E-state index is 15.1. The zero-order valence-corrected chi connectivity index (χ0v) is 25.2. The zero-order valence-electron chi connectivity index (χ0n) is 23.6. The van der Waals surface area contributed by atoms with E-state index >= 15 is 4.39 Å². The number of nitrogens with one attached hydrogen (secondary N) is 2. The normalized spacial score (nSPS) is 28.4. The second-order valence-electron chi connectivity index (χ2n) is 12.2. The van der Waals surface area contributed by atoms with Crippen LogP contribution in [0.4, 0.5) is 10.1 Å². The summed E-state index contributed by atoms with van der Waals surface area (Å²) in [5.41, 5.74) is 7.99. The second kappa shape index (κ2) is 12.3. The molecule has 5 rings (SSSR count). The van der Waals surface area contributed by atoms with Crippen molar-refractivity contribution in [2.45, 2.75) is 75.6 Å². The molecule has 224 valence electrons. The highest BCUT2D eigenvalue weighted by molar-refractivity contribution is 7.89. The number of carbonyl (C=O) groups excluding carboxylic acids is 1. The van der Waals surface area contributed by atoms with Crippen molar-refractivity contribution in [1.82, 2.24) is 9.62 Å². The van der Waals surface area contributed by atoms with Gasteiger partial charge in [-0.1, -0.05) is 29.8 Å². The van der Waals surface area contributed by atoms with Crippen LogP contribution in [0.3, 0.4) is 0 Å². The number of benzene rings is 2. The van der Waals surface area contributed by atoms with Crippen molar-refractivity contribution < 1.29 is 22.3 Å². The fourth-order valence-electron chi connectivity index (χ4n) is 6.69. The third kappa shape index (κ3) is 6.95. The molecule has 3 fully saturated rings. The van der Waals surface area contributed by atoms with Crippen LogP contribution in [0.5, 0.6) is 0 Å². The van der Waals surface area contributed by atoms with E-state index < -0.39 is 27.8 Å². The first-order valence-corrected chi connectivity index (χ1v) is 16.4. The molecule has 2 aromatic carbocycles. The third-order valence-corrected chi connectivity index (χ3v) is 11.0. The molecular formula is C30H40ClFN4O4S. The van der Waals surface area contributed by atoms with Crippen LogP contribution in [0.15, 0.2) is 42.5 Å². The number of rotatable bonds is 8. The van der Waals surface area contributed by atoms with Crippen LogP contribution < -0.4 is 16.4 Å². The minimum atomic E-state index is -3.32. The molecule has 8 nitrogen and oxygen atoms in total. The molecule has 0 radical (unpaired) electrons. The molecule has 0 aromatic heterocycles. The average molecular weight is 607 g/mol. The molecule has 2 aromatic rings. The van der Waals surface area contributed by atoms with E-state index in [1.807, 2.05) is 26.0 Å². The predicted octanol–water partition coefficient (Wildman–Crippen LogP) is 4.04. The van der Waals surface area contributed by atoms with E-state index in [9.17, 15) is 13.2 Å². The Morgan fingerprint density at radius 2 is 2.00 bits per heavy atom. The van der Waals surface area contributed by atoms with Crippen molar-refractivity contribution in [3.05, 3.63) is 64.4 Å². The van der Waals surface area contributed by atoms with Crippen LogP contribution in [-0.4, -0.2) is 67.8 Å². The number of piperazine rings is 1. The van der Waals surface area contributed by atoms with Crippen molar-refractivity contribution >= 4 is 33.2 Å². The fourth-order valence-corrected chi connectivity index (χ4v) is 8.67. The Hall–Kier alpha value is -2.08. The number of hydrogen-bond donors (Lipinski definition) is 3. The van der Waals surface area contributed by atoms with Crippen molar-refractivity contribution in [3.63, 3.8) is 0 Å². The number of fused-ring (bicyclic) bond motifs is 2. The Balaban J connectivity index is 1.34. The van der Waals surface area contributed by atoms with Gasteiger partial charge in [-0.2, -0.15) is 4.31 Å². The van der Waals surface area contributed by atoms with Gasteiger partial charge in [0.1, 0.15) is 5.82 Å². The lowest BCUT2D eigenvalue weighted by atomic mass is 9.73.